The fourth-order valence-corrected chi connectivity index (χ4v) is 5.31. The molecule has 1 aromatic rings. The highest BCUT2D eigenvalue weighted by atomic mass is 79.9. The van der Waals surface area contributed by atoms with E-state index < -0.39 is 17.2 Å². The van der Waals surface area contributed by atoms with Crippen molar-refractivity contribution in [2.45, 2.75) is 38.3 Å². The lowest BCUT2D eigenvalue weighted by Gasteiger charge is -2.46. The maximum absolute atomic E-state index is 11.9. The van der Waals surface area contributed by atoms with Gasteiger partial charge in [0, 0.05) is 34.7 Å². The molecular formula is C18H23BrN2O3S. The number of carboxylic acid groups (broad SMARTS) is 1. The summed E-state index contributed by atoms with van der Waals surface area (Å²) in [7, 11) is 0. The Morgan fingerprint density at radius 1 is 1.48 bits per heavy atom. The SMILES string of the molecule is CC(C)(C)N(C(=O)O)C1=N[C@@]2(c3cccc(Br)c3)CCOCC2CS1. The zero-order valence-corrected chi connectivity index (χ0v) is 17.1. The highest BCUT2D eigenvalue weighted by Crippen LogP contribution is 2.47. The van der Waals surface area contributed by atoms with Crippen molar-refractivity contribution in [1.82, 2.24) is 4.90 Å². The monoisotopic (exact) mass is 426 g/mol. The number of nitrogens with zero attached hydrogens (tertiary/aromatic N) is 2. The maximum Gasteiger partial charge on any atom is 0.413 e. The molecule has 1 N–H and O–H groups in total. The molecule has 25 heavy (non-hydrogen) atoms. The zero-order chi connectivity index (χ0) is 18.2. The summed E-state index contributed by atoms with van der Waals surface area (Å²) < 4.78 is 6.71. The summed E-state index contributed by atoms with van der Waals surface area (Å²) in [5.74, 6) is 1.03. The number of amides is 1. The van der Waals surface area contributed by atoms with Crippen molar-refractivity contribution in [2.24, 2.45) is 10.9 Å². The third-order valence-electron chi connectivity index (χ3n) is 4.71. The lowest BCUT2D eigenvalue weighted by Crippen LogP contribution is -2.53. The summed E-state index contributed by atoms with van der Waals surface area (Å²) in [5, 5.41) is 10.3. The molecule has 0 aromatic heterocycles. The van der Waals surface area contributed by atoms with E-state index in [1.165, 1.54) is 16.7 Å². The fourth-order valence-electron chi connectivity index (χ4n) is 3.48. The summed E-state index contributed by atoms with van der Waals surface area (Å²) >= 11 is 5.06. The molecule has 1 fully saturated rings. The van der Waals surface area contributed by atoms with Crippen LogP contribution < -0.4 is 0 Å². The van der Waals surface area contributed by atoms with E-state index in [0.717, 1.165) is 22.2 Å². The summed E-state index contributed by atoms with van der Waals surface area (Å²) in [6.45, 7) is 6.97. The van der Waals surface area contributed by atoms with E-state index in [2.05, 4.69) is 28.1 Å². The third kappa shape index (κ3) is 3.59. The molecule has 3 rings (SSSR count). The van der Waals surface area contributed by atoms with E-state index in [1.54, 1.807) is 0 Å². The molecule has 0 saturated carbocycles. The van der Waals surface area contributed by atoms with Crippen LogP contribution in [0.3, 0.4) is 0 Å². The Morgan fingerprint density at radius 3 is 2.88 bits per heavy atom. The lowest BCUT2D eigenvalue weighted by atomic mass is 9.76. The van der Waals surface area contributed by atoms with Crippen LogP contribution in [0.1, 0.15) is 32.8 Å². The number of hydrogen-bond donors (Lipinski definition) is 1. The van der Waals surface area contributed by atoms with Gasteiger partial charge in [-0.15, -0.1) is 0 Å². The van der Waals surface area contributed by atoms with Gasteiger partial charge < -0.3 is 9.84 Å². The molecular weight excluding hydrogens is 404 g/mol. The first-order valence-electron chi connectivity index (χ1n) is 8.33. The topological polar surface area (TPSA) is 62.1 Å². The van der Waals surface area contributed by atoms with E-state index in [9.17, 15) is 9.90 Å². The molecule has 0 radical (unpaired) electrons. The molecule has 2 aliphatic rings. The number of halogens is 1. The molecule has 2 aliphatic heterocycles. The van der Waals surface area contributed by atoms with Crippen LogP contribution in [0.5, 0.6) is 0 Å². The van der Waals surface area contributed by atoms with Crippen LogP contribution in [0, 0.1) is 5.92 Å². The second kappa shape index (κ2) is 6.93. The molecule has 0 aliphatic carbocycles. The van der Waals surface area contributed by atoms with Crippen LogP contribution in [0.4, 0.5) is 4.79 Å². The number of fused-ring (bicyclic) bond motifs is 1. The first-order chi connectivity index (χ1) is 11.7. The lowest BCUT2D eigenvalue weighted by molar-refractivity contribution is 0.00930. The van der Waals surface area contributed by atoms with Crippen LogP contribution in [-0.2, 0) is 10.3 Å². The Labute approximate surface area is 161 Å². The number of carbonyl (C=O) groups is 1. The number of ether oxygens (including phenoxy) is 1. The second-order valence-corrected chi connectivity index (χ2v) is 9.35. The highest BCUT2D eigenvalue weighted by molar-refractivity contribution is 9.10. The Kier molecular flexibility index (Phi) is 5.19. The van der Waals surface area contributed by atoms with Crippen molar-refractivity contribution in [1.29, 1.82) is 0 Å². The molecule has 0 spiro atoms. The number of benzene rings is 1. The smallest absolute Gasteiger partial charge is 0.413 e. The molecule has 0 bridgehead atoms. The van der Waals surface area contributed by atoms with E-state index in [-0.39, 0.29) is 5.92 Å². The quantitative estimate of drug-likeness (QED) is 0.714. The average Bonchev–Trinajstić information content (AvgIpc) is 2.53. The normalized spacial score (nSPS) is 26.6. The van der Waals surface area contributed by atoms with Gasteiger partial charge in [0.05, 0.1) is 12.1 Å². The molecule has 2 heterocycles. The number of thioether (sulfide) groups is 1. The van der Waals surface area contributed by atoms with Crippen molar-refractivity contribution in [3.63, 3.8) is 0 Å². The van der Waals surface area contributed by atoms with Crippen molar-refractivity contribution in [2.75, 3.05) is 19.0 Å². The fraction of sp³-hybridized carbons (Fsp3) is 0.556. The van der Waals surface area contributed by atoms with Crippen LogP contribution in [0.25, 0.3) is 0 Å². The summed E-state index contributed by atoms with van der Waals surface area (Å²) in [6, 6.07) is 8.19. The molecule has 5 nitrogen and oxygen atoms in total. The standard InChI is InChI=1S/C18H23BrN2O3S/c1-17(2,3)21(16(22)23)15-20-18(12-5-4-6-14(19)9-12)7-8-24-10-13(18)11-25-15/h4-6,9,13H,7-8,10-11H2,1-3H3,(H,22,23)/t13?,18-/m1/s1. The summed E-state index contributed by atoms with van der Waals surface area (Å²) in [4.78, 5) is 18.4. The molecule has 2 atom stereocenters. The first-order valence-corrected chi connectivity index (χ1v) is 10.1. The van der Waals surface area contributed by atoms with Gasteiger partial charge in [0.2, 0.25) is 0 Å². The van der Waals surface area contributed by atoms with Crippen LogP contribution in [0.2, 0.25) is 0 Å². The maximum atomic E-state index is 11.9. The minimum Gasteiger partial charge on any atom is -0.465 e. The molecule has 1 saturated heterocycles. The van der Waals surface area contributed by atoms with E-state index in [0.29, 0.717) is 18.4 Å². The number of rotatable bonds is 1. The van der Waals surface area contributed by atoms with Crippen molar-refractivity contribution >= 4 is 39.0 Å². The number of amidine groups is 1. The van der Waals surface area contributed by atoms with Gasteiger partial charge in [-0.1, -0.05) is 39.8 Å². The minimum atomic E-state index is -0.964. The Morgan fingerprint density at radius 2 is 2.24 bits per heavy atom. The van der Waals surface area contributed by atoms with Crippen LogP contribution in [-0.4, -0.2) is 45.8 Å². The van der Waals surface area contributed by atoms with E-state index in [4.69, 9.17) is 9.73 Å². The Bertz CT molecular complexity index is 704. The Hall–Kier alpha value is -1.05. The minimum absolute atomic E-state index is 0.236. The van der Waals surface area contributed by atoms with Crippen LogP contribution in [0.15, 0.2) is 33.7 Å². The molecule has 136 valence electrons. The van der Waals surface area contributed by atoms with Crippen molar-refractivity contribution in [3.05, 3.63) is 34.3 Å². The third-order valence-corrected chi connectivity index (χ3v) is 6.30. The second-order valence-electron chi connectivity index (χ2n) is 7.45. The zero-order valence-electron chi connectivity index (χ0n) is 14.7. The summed E-state index contributed by atoms with van der Waals surface area (Å²) in [5.41, 5.74) is 0.141. The van der Waals surface area contributed by atoms with Crippen molar-refractivity contribution < 1.29 is 14.6 Å². The Balaban J connectivity index is 2.12. The van der Waals surface area contributed by atoms with Crippen LogP contribution >= 0.6 is 27.7 Å². The van der Waals surface area contributed by atoms with E-state index >= 15 is 0 Å². The number of hydrogen-bond acceptors (Lipinski definition) is 4. The van der Waals surface area contributed by atoms with Crippen molar-refractivity contribution in [3.8, 4) is 0 Å². The number of aliphatic imine (C=N–C) groups is 1. The molecule has 1 unspecified atom stereocenters. The largest absolute Gasteiger partial charge is 0.465 e. The molecule has 7 heteroatoms. The first kappa shape index (κ1) is 18.7. The van der Waals surface area contributed by atoms with Gasteiger partial charge in [-0.05, 0) is 38.5 Å². The van der Waals surface area contributed by atoms with E-state index in [1.807, 2.05) is 32.9 Å². The predicted molar refractivity (Wildman–Crippen MR) is 104 cm³/mol. The summed E-state index contributed by atoms with van der Waals surface area (Å²) in [6.07, 6.45) is -0.205. The predicted octanol–water partition coefficient (Wildman–Crippen LogP) is 4.56. The molecule has 1 amide bonds. The average molecular weight is 427 g/mol. The van der Waals surface area contributed by atoms with Gasteiger partial charge in [0.1, 0.15) is 0 Å². The highest BCUT2D eigenvalue weighted by Gasteiger charge is 2.47. The van der Waals surface area contributed by atoms with Gasteiger partial charge in [-0.25, -0.2) is 9.79 Å². The van der Waals surface area contributed by atoms with Gasteiger partial charge in [0.15, 0.2) is 5.17 Å². The van der Waals surface area contributed by atoms with Gasteiger partial charge in [0.25, 0.3) is 0 Å². The van der Waals surface area contributed by atoms with Gasteiger partial charge >= 0.3 is 6.09 Å². The van der Waals surface area contributed by atoms with Gasteiger partial charge in [-0.3, -0.25) is 4.90 Å². The molecule has 1 aromatic carbocycles. The van der Waals surface area contributed by atoms with Gasteiger partial charge in [-0.2, -0.15) is 0 Å².